The van der Waals surface area contributed by atoms with Gasteiger partial charge in [-0.25, -0.2) is 0 Å². The van der Waals surface area contributed by atoms with Gasteiger partial charge in [0.1, 0.15) is 5.75 Å². The number of ketones is 1. The van der Waals surface area contributed by atoms with Gasteiger partial charge in [-0.2, -0.15) is 0 Å². The van der Waals surface area contributed by atoms with Crippen LogP contribution in [0.15, 0.2) is 42.5 Å². The summed E-state index contributed by atoms with van der Waals surface area (Å²) in [7, 11) is 1.54. The van der Waals surface area contributed by atoms with Crippen molar-refractivity contribution in [3.05, 3.63) is 58.1 Å². The Morgan fingerprint density at radius 1 is 1.18 bits per heavy atom. The molecule has 0 radical (unpaired) electrons. The molecule has 6 nitrogen and oxygen atoms in total. The lowest BCUT2D eigenvalue weighted by atomic mass is 10.1. The van der Waals surface area contributed by atoms with Gasteiger partial charge in [0, 0.05) is 35.3 Å². The van der Waals surface area contributed by atoms with E-state index in [9.17, 15) is 14.4 Å². The monoisotopic (exact) mass is 421 g/mol. The molecule has 0 aliphatic carbocycles. The van der Waals surface area contributed by atoms with E-state index in [0.29, 0.717) is 16.5 Å². The number of hydrogen-bond donors (Lipinski definition) is 0. The van der Waals surface area contributed by atoms with Crippen molar-refractivity contribution in [2.45, 2.75) is 6.42 Å². The molecule has 2 aromatic rings. The maximum atomic E-state index is 12.3. The summed E-state index contributed by atoms with van der Waals surface area (Å²) in [5.41, 5.74) is 0.864. The Bertz CT molecular complexity index is 931. The fourth-order valence-corrected chi connectivity index (χ4v) is 3.46. The normalized spacial score (nSPS) is 16.2. The first-order valence-electron chi connectivity index (χ1n) is 8.48. The molecule has 2 aromatic carbocycles. The number of benzene rings is 2. The average molecular weight is 422 g/mol. The lowest BCUT2D eigenvalue weighted by molar-refractivity contribution is -0.147. The predicted molar refractivity (Wildman–Crippen MR) is 105 cm³/mol. The van der Waals surface area contributed by atoms with E-state index in [1.54, 1.807) is 24.3 Å². The maximum Gasteiger partial charge on any atom is 0.311 e. The van der Waals surface area contributed by atoms with Crippen molar-refractivity contribution in [2.24, 2.45) is 5.92 Å². The Morgan fingerprint density at radius 2 is 1.96 bits per heavy atom. The van der Waals surface area contributed by atoms with Crippen molar-refractivity contribution in [2.75, 3.05) is 25.2 Å². The summed E-state index contributed by atoms with van der Waals surface area (Å²) in [4.78, 5) is 38.4. The number of nitrogens with zero attached hydrogens (tertiary/aromatic N) is 1. The first-order chi connectivity index (χ1) is 13.4. The molecule has 0 N–H and O–H groups in total. The predicted octanol–water partition coefficient (Wildman–Crippen LogP) is 3.78. The Hall–Kier alpha value is -2.57. The molecule has 0 spiro atoms. The SMILES string of the molecule is COc1cccc(N2C[C@@H](C(=O)OCC(=O)c3ccc(Cl)cc3Cl)CC2=O)c1. The molecular weight excluding hydrogens is 405 g/mol. The van der Waals surface area contributed by atoms with Crippen molar-refractivity contribution >= 4 is 46.5 Å². The van der Waals surface area contributed by atoms with Crippen LogP contribution in [0.4, 0.5) is 5.69 Å². The van der Waals surface area contributed by atoms with Gasteiger partial charge in [0.2, 0.25) is 11.7 Å². The summed E-state index contributed by atoms with van der Waals surface area (Å²) in [6.45, 7) is -0.273. The molecule has 1 aliphatic rings. The topological polar surface area (TPSA) is 72.9 Å². The van der Waals surface area contributed by atoms with Gasteiger partial charge in [0.25, 0.3) is 0 Å². The van der Waals surface area contributed by atoms with Gasteiger partial charge in [-0.05, 0) is 30.3 Å². The number of amides is 1. The molecule has 1 atom stereocenters. The van der Waals surface area contributed by atoms with Crippen molar-refractivity contribution in [1.82, 2.24) is 0 Å². The smallest absolute Gasteiger partial charge is 0.311 e. The molecule has 146 valence electrons. The highest BCUT2D eigenvalue weighted by Crippen LogP contribution is 2.28. The Morgan fingerprint density at radius 3 is 2.68 bits per heavy atom. The van der Waals surface area contributed by atoms with Crippen molar-refractivity contribution in [1.29, 1.82) is 0 Å². The first-order valence-corrected chi connectivity index (χ1v) is 9.24. The van der Waals surface area contributed by atoms with E-state index in [1.807, 2.05) is 0 Å². The van der Waals surface area contributed by atoms with Gasteiger partial charge in [-0.3, -0.25) is 14.4 Å². The molecule has 1 heterocycles. The van der Waals surface area contributed by atoms with Crippen LogP contribution in [0.3, 0.4) is 0 Å². The Balaban J connectivity index is 1.60. The zero-order valence-corrected chi connectivity index (χ0v) is 16.5. The third-order valence-electron chi connectivity index (χ3n) is 4.40. The molecule has 0 saturated carbocycles. The molecule has 0 bridgehead atoms. The lowest BCUT2D eigenvalue weighted by Crippen LogP contribution is -2.27. The Labute approximate surface area is 171 Å². The number of esters is 1. The van der Waals surface area contributed by atoms with Crippen LogP contribution in [0.2, 0.25) is 10.0 Å². The third-order valence-corrected chi connectivity index (χ3v) is 4.95. The number of carbonyl (C=O) groups excluding carboxylic acids is 3. The van der Waals surface area contributed by atoms with Gasteiger partial charge in [-0.15, -0.1) is 0 Å². The second-order valence-corrected chi connectivity index (χ2v) is 7.11. The number of methoxy groups -OCH3 is 1. The molecule has 28 heavy (non-hydrogen) atoms. The van der Waals surface area contributed by atoms with Gasteiger partial charge < -0.3 is 14.4 Å². The second-order valence-electron chi connectivity index (χ2n) is 6.26. The molecule has 1 amide bonds. The van der Waals surface area contributed by atoms with Gasteiger partial charge >= 0.3 is 5.97 Å². The van der Waals surface area contributed by atoms with E-state index in [2.05, 4.69) is 0 Å². The van der Waals surface area contributed by atoms with Gasteiger partial charge in [0.05, 0.1) is 18.1 Å². The van der Waals surface area contributed by atoms with Crippen LogP contribution in [0, 0.1) is 5.92 Å². The van der Waals surface area contributed by atoms with Crippen LogP contribution in [0.25, 0.3) is 0 Å². The number of Topliss-reactive ketones (excluding diaryl/α,β-unsaturated/α-hetero) is 1. The first kappa shape index (κ1) is 20.2. The number of anilines is 1. The second kappa shape index (κ2) is 8.63. The summed E-state index contributed by atoms with van der Waals surface area (Å²) < 4.78 is 10.3. The van der Waals surface area contributed by atoms with E-state index in [0.717, 1.165) is 0 Å². The van der Waals surface area contributed by atoms with E-state index < -0.39 is 24.3 Å². The van der Waals surface area contributed by atoms with Crippen LogP contribution in [-0.2, 0) is 14.3 Å². The van der Waals surface area contributed by atoms with Crippen LogP contribution in [0.5, 0.6) is 5.75 Å². The largest absolute Gasteiger partial charge is 0.497 e. The zero-order chi connectivity index (χ0) is 20.3. The minimum absolute atomic E-state index is 0.0198. The van der Waals surface area contributed by atoms with Crippen LogP contribution in [-0.4, -0.2) is 37.9 Å². The number of hydrogen-bond acceptors (Lipinski definition) is 5. The number of halogens is 2. The number of ether oxygens (including phenoxy) is 2. The molecule has 0 unspecified atom stereocenters. The fourth-order valence-electron chi connectivity index (χ4n) is 2.94. The summed E-state index contributed by atoms with van der Waals surface area (Å²) >= 11 is 11.8. The molecule has 1 aliphatic heterocycles. The highest BCUT2D eigenvalue weighted by molar-refractivity contribution is 6.36. The maximum absolute atomic E-state index is 12.3. The zero-order valence-electron chi connectivity index (χ0n) is 15.0. The lowest BCUT2D eigenvalue weighted by Gasteiger charge is -2.17. The highest BCUT2D eigenvalue weighted by atomic mass is 35.5. The molecule has 1 saturated heterocycles. The molecular formula is C20H17Cl2NO5. The van der Waals surface area contributed by atoms with Crippen molar-refractivity contribution in [3.8, 4) is 5.75 Å². The minimum Gasteiger partial charge on any atom is -0.497 e. The quantitative estimate of drug-likeness (QED) is 0.524. The number of rotatable bonds is 6. The summed E-state index contributed by atoms with van der Waals surface area (Å²) in [5.74, 6) is -1.27. The van der Waals surface area contributed by atoms with Crippen molar-refractivity contribution < 1.29 is 23.9 Å². The van der Waals surface area contributed by atoms with E-state index in [4.69, 9.17) is 32.7 Å². The highest BCUT2D eigenvalue weighted by Gasteiger charge is 2.36. The average Bonchev–Trinajstić information content (AvgIpc) is 3.07. The minimum atomic E-state index is -0.646. The molecule has 3 rings (SSSR count). The summed E-state index contributed by atoms with van der Waals surface area (Å²) in [5, 5.41) is 0.592. The van der Waals surface area contributed by atoms with E-state index >= 15 is 0 Å². The van der Waals surface area contributed by atoms with Crippen LogP contribution < -0.4 is 9.64 Å². The van der Waals surface area contributed by atoms with Crippen LogP contribution >= 0.6 is 23.2 Å². The van der Waals surface area contributed by atoms with Crippen molar-refractivity contribution in [3.63, 3.8) is 0 Å². The van der Waals surface area contributed by atoms with Crippen LogP contribution in [0.1, 0.15) is 16.8 Å². The molecule has 1 fully saturated rings. The molecule has 8 heteroatoms. The summed E-state index contributed by atoms with van der Waals surface area (Å²) in [6.07, 6.45) is 0.0198. The van der Waals surface area contributed by atoms with E-state index in [1.165, 1.54) is 30.2 Å². The van der Waals surface area contributed by atoms with Gasteiger partial charge in [0.15, 0.2) is 6.61 Å². The molecule has 0 aromatic heterocycles. The third kappa shape index (κ3) is 4.46. The van der Waals surface area contributed by atoms with E-state index in [-0.39, 0.29) is 29.5 Å². The standard InChI is InChI=1S/C20H17Cl2NO5/c1-27-15-4-2-3-14(9-15)23-10-12(7-19(23)25)20(26)28-11-18(24)16-6-5-13(21)8-17(16)22/h2-6,8-9,12H,7,10-11H2,1H3/t12-/m0/s1. The Kier molecular flexibility index (Phi) is 6.21. The fraction of sp³-hybridized carbons (Fsp3) is 0.250. The summed E-state index contributed by atoms with van der Waals surface area (Å²) in [6, 6.07) is 11.5. The van der Waals surface area contributed by atoms with Gasteiger partial charge in [-0.1, -0.05) is 29.3 Å². The number of carbonyl (C=O) groups is 3.